The molecule has 0 unspecified atom stereocenters. The molecule has 35 heavy (non-hydrogen) atoms. The number of hydrogen-bond donors (Lipinski definition) is 1. The van der Waals surface area contributed by atoms with Gasteiger partial charge in [0, 0.05) is 17.7 Å². The minimum Gasteiger partial charge on any atom is -0.458 e. The molecule has 3 aliphatic heterocycles. The van der Waals surface area contributed by atoms with Crippen LogP contribution in [0.1, 0.15) is 63.1 Å². The molecule has 1 atom stereocenters. The molecule has 0 saturated heterocycles. The number of hydrogen-bond acceptors (Lipinski definition) is 7. The summed E-state index contributed by atoms with van der Waals surface area (Å²) in [6.45, 7) is 7.00. The summed E-state index contributed by atoms with van der Waals surface area (Å²) in [6, 6.07) is 7.70. The third-order valence-electron chi connectivity index (χ3n) is 7.59. The molecule has 6 rings (SSSR count). The van der Waals surface area contributed by atoms with Gasteiger partial charge in [0.1, 0.15) is 12.4 Å². The van der Waals surface area contributed by atoms with Crippen molar-refractivity contribution in [1.29, 1.82) is 0 Å². The molecule has 3 aromatic rings. The molecule has 3 aliphatic rings. The summed E-state index contributed by atoms with van der Waals surface area (Å²) in [5.41, 5.74) is 3.68. The number of aromatic nitrogens is 2. The van der Waals surface area contributed by atoms with Crippen LogP contribution in [0.4, 0.5) is 11.4 Å². The molecular weight excluding hydrogens is 444 g/mol. The van der Waals surface area contributed by atoms with Gasteiger partial charge in [0.25, 0.3) is 5.56 Å². The third-order valence-corrected chi connectivity index (χ3v) is 7.59. The molecule has 1 N–H and O–H groups in total. The van der Waals surface area contributed by atoms with Gasteiger partial charge in [0.05, 0.1) is 45.8 Å². The van der Waals surface area contributed by atoms with Crippen LogP contribution in [-0.4, -0.2) is 33.0 Å². The monoisotopic (exact) mass is 472 g/mol. The molecule has 5 heterocycles. The second-order valence-corrected chi connectivity index (χ2v) is 9.58. The van der Waals surface area contributed by atoms with Crippen LogP contribution in [0.15, 0.2) is 34.1 Å². The van der Waals surface area contributed by atoms with Crippen molar-refractivity contribution in [1.82, 2.24) is 9.55 Å². The lowest BCUT2D eigenvalue weighted by atomic mass is 9.86. The van der Waals surface area contributed by atoms with Crippen LogP contribution in [-0.2, 0) is 28.3 Å². The maximum absolute atomic E-state index is 13.6. The van der Waals surface area contributed by atoms with Gasteiger partial charge < -0.3 is 19.3 Å². The number of benzene rings is 1. The normalized spacial score (nSPS) is 19.8. The van der Waals surface area contributed by atoms with Crippen molar-refractivity contribution < 1.29 is 14.6 Å². The Hall–Kier alpha value is -3.52. The van der Waals surface area contributed by atoms with E-state index in [2.05, 4.69) is 11.8 Å². The van der Waals surface area contributed by atoms with Crippen molar-refractivity contribution in [2.75, 3.05) is 11.4 Å². The Morgan fingerprint density at radius 3 is 2.77 bits per heavy atom. The molecule has 180 valence electrons. The van der Waals surface area contributed by atoms with E-state index in [9.17, 15) is 14.7 Å². The number of rotatable bonds is 5. The number of cyclic esters (lactones) is 1. The second-order valence-electron chi connectivity index (χ2n) is 9.58. The largest absolute Gasteiger partial charge is 0.458 e. The van der Waals surface area contributed by atoms with Crippen LogP contribution in [0.5, 0.6) is 0 Å². The predicted octanol–water partition coefficient (Wildman–Crippen LogP) is 4.14. The van der Waals surface area contributed by atoms with E-state index in [1.807, 2.05) is 25.1 Å². The third kappa shape index (κ3) is 2.95. The van der Waals surface area contributed by atoms with Crippen molar-refractivity contribution >= 4 is 34.1 Å². The summed E-state index contributed by atoms with van der Waals surface area (Å²) >= 11 is 0. The molecule has 8 heteroatoms. The summed E-state index contributed by atoms with van der Waals surface area (Å²) in [6.07, 6.45) is 3.40. The first-order valence-corrected chi connectivity index (χ1v) is 12.3. The highest BCUT2D eigenvalue weighted by molar-refractivity contribution is 6.15. The highest BCUT2D eigenvalue weighted by atomic mass is 16.6. The number of pyridine rings is 2. The van der Waals surface area contributed by atoms with E-state index in [1.165, 1.54) is 0 Å². The van der Waals surface area contributed by atoms with E-state index in [-0.39, 0.29) is 18.6 Å². The Labute approximate surface area is 202 Å². The van der Waals surface area contributed by atoms with Crippen molar-refractivity contribution in [3.8, 4) is 11.4 Å². The van der Waals surface area contributed by atoms with E-state index in [4.69, 9.17) is 14.7 Å². The lowest BCUT2D eigenvalue weighted by Gasteiger charge is -2.31. The Morgan fingerprint density at radius 1 is 1.17 bits per heavy atom. The summed E-state index contributed by atoms with van der Waals surface area (Å²) in [4.78, 5) is 38.2. The van der Waals surface area contributed by atoms with Gasteiger partial charge >= 0.3 is 5.97 Å². The van der Waals surface area contributed by atoms with Gasteiger partial charge in [-0.15, -0.1) is 0 Å². The van der Waals surface area contributed by atoms with Gasteiger partial charge in [-0.05, 0) is 38.0 Å². The van der Waals surface area contributed by atoms with Gasteiger partial charge in [0.2, 0.25) is 0 Å². The molecular formula is C27H28N4O4. The summed E-state index contributed by atoms with van der Waals surface area (Å²) < 4.78 is 6.91. The lowest BCUT2D eigenvalue weighted by Crippen LogP contribution is -2.44. The number of nitrogens with zero attached hydrogens (tertiary/aromatic N) is 4. The first kappa shape index (κ1) is 22.0. The van der Waals surface area contributed by atoms with Gasteiger partial charge in [-0.1, -0.05) is 32.8 Å². The molecule has 1 aromatic carbocycles. The van der Waals surface area contributed by atoms with Gasteiger partial charge in [-0.2, -0.15) is 0 Å². The topological polar surface area (TPSA) is 97.0 Å². The molecule has 0 amide bonds. The number of unbranched alkanes of at least 4 members (excludes halogenated alkanes) is 2. The fourth-order valence-corrected chi connectivity index (χ4v) is 5.67. The number of fused-ring (bicyclic) bond motifs is 5. The number of anilines is 1. The van der Waals surface area contributed by atoms with Crippen molar-refractivity contribution in [3.05, 3.63) is 51.3 Å². The van der Waals surface area contributed by atoms with Crippen LogP contribution < -0.4 is 10.5 Å². The smallest absolute Gasteiger partial charge is 0.343 e. The first-order valence-electron chi connectivity index (χ1n) is 12.3. The van der Waals surface area contributed by atoms with E-state index < -0.39 is 11.6 Å². The van der Waals surface area contributed by atoms with Crippen LogP contribution in [0.25, 0.3) is 22.3 Å². The summed E-state index contributed by atoms with van der Waals surface area (Å²) in [7, 11) is 0. The highest BCUT2D eigenvalue weighted by Crippen LogP contribution is 2.47. The number of carbonyl (C=O) groups is 1. The SMILES string of the molecule is CCCCCN1C(C)=Nc2cccc3nc4c(c1c23)Cn1c-4cc2c(c1=O)COC(=O)[C@]2(O)CC. The highest BCUT2D eigenvalue weighted by Gasteiger charge is 2.45. The number of amidine groups is 1. The van der Waals surface area contributed by atoms with Gasteiger partial charge in [0.15, 0.2) is 5.60 Å². The molecule has 2 aromatic heterocycles. The molecule has 0 saturated carbocycles. The van der Waals surface area contributed by atoms with Crippen LogP contribution >= 0.6 is 0 Å². The lowest BCUT2D eigenvalue weighted by molar-refractivity contribution is -0.172. The Balaban J connectivity index is 1.61. The number of esters is 1. The Morgan fingerprint density at radius 2 is 2.00 bits per heavy atom. The molecule has 0 fully saturated rings. The first-order chi connectivity index (χ1) is 16.9. The predicted molar refractivity (Wildman–Crippen MR) is 134 cm³/mol. The quantitative estimate of drug-likeness (QED) is 0.346. The van der Waals surface area contributed by atoms with Crippen LogP contribution in [0, 0.1) is 0 Å². The molecule has 8 nitrogen and oxygen atoms in total. The standard InChI is InChI=1S/C27H28N4O4/c1-4-6-7-11-30-15(3)28-19-9-8-10-20-22(19)24(30)16-13-31-21(23(16)29-20)12-18-17(25(31)32)14-35-26(33)27(18,34)5-2/h8-10,12,34H,4-7,11,13-14H2,1-3H3/t27-/m0/s1. The van der Waals surface area contributed by atoms with Gasteiger partial charge in [-0.25, -0.2) is 14.8 Å². The number of ether oxygens (including phenoxy) is 1. The minimum atomic E-state index is -1.83. The van der Waals surface area contributed by atoms with Gasteiger partial charge in [-0.3, -0.25) is 4.79 Å². The van der Waals surface area contributed by atoms with Crippen LogP contribution in [0.2, 0.25) is 0 Å². The fraction of sp³-hybridized carbons (Fsp3) is 0.407. The summed E-state index contributed by atoms with van der Waals surface area (Å²) in [5.74, 6) is 0.215. The molecule has 0 bridgehead atoms. The second kappa shape index (κ2) is 7.75. The van der Waals surface area contributed by atoms with E-state index in [0.717, 1.165) is 65.2 Å². The molecule has 0 aliphatic carbocycles. The van der Waals surface area contributed by atoms with E-state index in [0.29, 0.717) is 23.4 Å². The van der Waals surface area contributed by atoms with E-state index >= 15 is 0 Å². The Kier molecular flexibility index (Phi) is 4.86. The molecule has 0 radical (unpaired) electrons. The fourth-order valence-electron chi connectivity index (χ4n) is 5.67. The zero-order valence-corrected chi connectivity index (χ0v) is 20.2. The minimum absolute atomic E-state index is 0.120. The van der Waals surface area contributed by atoms with Crippen molar-refractivity contribution in [3.63, 3.8) is 0 Å². The number of aliphatic imine (C=N–C) groups is 1. The number of carbonyl (C=O) groups excluding carboxylic acids is 1. The average Bonchev–Trinajstić information content (AvgIpc) is 3.22. The zero-order chi connectivity index (χ0) is 24.5. The van der Waals surface area contributed by atoms with Crippen LogP contribution in [0.3, 0.4) is 0 Å². The zero-order valence-electron chi connectivity index (χ0n) is 20.2. The Bertz CT molecular complexity index is 1510. The van der Waals surface area contributed by atoms with Crippen molar-refractivity contribution in [2.45, 2.75) is 65.2 Å². The summed E-state index contributed by atoms with van der Waals surface area (Å²) in [5, 5.41) is 12.2. The van der Waals surface area contributed by atoms with Crippen molar-refractivity contribution in [2.24, 2.45) is 4.99 Å². The maximum Gasteiger partial charge on any atom is 0.343 e. The molecule has 0 spiro atoms. The number of aliphatic hydroxyl groups is 1. The average molecular weight is 473 g/mol. The maximum atomic E-state index is 13.6. The van der Waals surface area contributed by atoms with E-state index in [1.54, 1.807) is 17.6 Å².